The topological polar surface area (TPSA) is 52.5 Å². The SMILES string of the molecule is NCc1c(Oc2cc(Br)ccc2F)nc2ccccn12. The van der Waals surface area contributed by atoms with Crippen LogP contribution in [0.25, 0.3) is 5.65 Å². The van der Waals surface area contributed by atoms with Crippen molar-refractivity contribution >= 4 is 21.6 Å². The van der Waals surface area contributed by atoms with Gasteiger partial charge in [-0.2, -0.15) is 4.98 Å². The van der Waals surface area contributed by atoms with E-state index in [1.807, 2.05) is 28.8 Å². The van der Waals surface area contributed by atoms with E-state index in [2.05, 4.69) is 20.9 Å². The van der Waals surface area contributed by atoms with E-state index < -0.39 is 5.82 Å². The molecule has 0 unspecified atom stereocenters. The summed E-state index contributed by atoms with van der Waals surface area (Å²) in [6.07, 6.45) is 1.84. The maximum absolute atomic E-state index is 13.7. The molecule has 2 aromatic heterocycles. The zero-order valence-corrected chi connectivity index (χ0v) is 12.0. The van der Waals surface area contributed by atoms with E-state index in [1.165, 1.54) is 6.07 Å². The molecule has 0 bridgehead atoms. The second-order valence-electron chi connectivity index (χ2n) is 4.17. The molecule has 2 heterocycles. The predicted octanol–water partition coefficient (Wildman–Crippen LogP) is 3.49. The van der Waals surface area contributed by atoms with Crippen molar-refractivity contribution in [3.05, 3.63) is 58.6 Å². The molecule has 0 spiro atoms. The number of hydrogen-bond acceptors (Lipinski definition) is 3. The van der Waals surface area contributed by atoms with Gasteiger partial charge in [-0.1, -0.05) is 22.0 Å². The second-order valence-corrected chi connectivity index (χ2v) is 5.09. The monoisotopic (exact) mass is 335 g/mol. The fourth-order valence-electron chi connectivity index (χ4n) is 1.95. The lowest BCUT2D eigenvalue weighted by atomic mass is 10.3. The lowest BCUT2D eigenvalue weighted by Gasteiger charge is -2.06. The number of ether oxygens (including phenoxy) is 1. The van der Waals surface area contributed by atoms with Crippen molar-refractivity contribution in [1.29, 1.82) is 0 Å². The second kappa shape index (κ2) is 5.22. The van der Waals surface area contributed by atoms with Crippen molar-refractivity contribution < 1.29 is 9.13 Å². The molecule has 6 heteroatoms. The minimum absolute atomic E-state index is 0.109. The van der Waals surface area contributed by atoms with Gasteiger partial charge in [0.1, 0.15) is 11.3 Å². The number of halogens is 2. The van der Waals surface area contributed by atoms with E-state index in [0.717, 1.165) is 4.47 Å². The third kappa shape index (κ3) is 2.28. The first-order valence-electron chi connectivity index (χ1n) is 5.98. The van der Waals surface area contributed by atoms with Crippen LogP contribution < -0.4 is 10.5 Å². The quantitative estimate of drug-likeness (QED) is 0.797. The van der Waals surface area contributed by atoms with E-state index in [4.69, 9.17) is 10.5 Å². The van der Waals surface area contributed by atoms with E-state index in [0.29, 0.717) is 17.2 Å². The van der Waals surface area contributed by atoms with Crippen LogP contribution in [-0.4, -0.2) is 9.38 Å². The molecule has 0 atom stereocenters. The Hall–Kier alpha value is -1.92. The first-order chi connectivity index (χ1) is 9.69. The zero-order valence-electron chi connectivity index (χ0n) is 10.4. The van der Waals surface area contributed by atoms with Gasteiger partial charge in [-0.15, -0.1) is 0 Å². The number of aromatic nitrogens is 2. The summed E-state index contributed by atoms with van der Waals surface area (Å²) in [6.45, 7) is 0.246. The Morgan fingerprint density at radius 2 is 2.15 bits per heavy atom. The van der Waals surface area contributed by atoms with Crippen LogP contribution in [0.2, 0.25) is 0 Å². The minimum atomic E-state index is -0.451. The number of nitrogens with zero attached hydrogens (tertiary/aromatic N) is 2. The molecule has 20 heavy (non-hydrogen) atoms. The van der Waals surface area contributed by atoms with Crippen LogP contribution in [0.1, 0.15) is 5.69 Å². The number of pyridine rings is 1. The van der Waals surface area contributed by atoms with Crippen LogP contribution in [0.3, 0.4) is 0 Å². The van der Waals surface area contributed by atoms with Crippen LogP contribution in [0.4, 0.5) is 4.39 Å². The van der Waals surface area contributed by atoms with Gasteiger partial charge in [0.05, 0.1) is 0 Å². The van der Waals surface area contributed by atoms with Crippen molar-refractivity contribution in [3.63, 3.8) is 0 Å². The normalized spacial score (nSPS) is 10.9. The van der Waals surface area contributed by atoms with Gasteiger partial charge in [0.2, 0.25) is 5.88 Å². The molecule has 4 nitrogen and oxygen atoms in total. The highest BCUT2D eigenvalue weighted by atomic mass is 79.9. The summed E-state index contributed by atoms with van der Waals surface area (Å²) >= 11 is 3.28. The van der Waals surface area contributed by atoms with Gasteiger partial charge >= 0.3 is 0 Å². The first-order valence-corrected chi connectivity index (χ1v) is 6.77. The molecule has 0 saturated carbocycles. The summed E-state index contributed by atoms with van der Waals surface area (Å²) in [5.41, 5.74) is 7.14. The Labute approximate surface area is 123 Å². The van der Waals surface area contributed by atoms with Gasteiger partial charge in [-0.25, -0.2) is 4.39 Å². The molecule has 0 aliphatic carbocycles. The molecule has 0 aliphatic heterocycles. The Morgan fingerprint density at radius 3 is 2.95 bits per heavy atom. The molecule has 2 N–H and O–H groups in total. The van der Waals surface area contributed by atoms with Crippen molar-refractivity contribution in [3.8, 4) is 11.6 Å². The van der Waals surface area contributed by atoms with Crippen molar-refractivity contribution in [2.75, 3.05) is 0 Å². The standard InChI is InChI=1S/C14H11BrFN3O/c15-9-4-5-10(16)12(7-9)20-14-11(8-17)19-6-2-1-3-13(19)18-14/h1-7H,8,17H2. The van der Waals surface area contributed by atoms with Gasteiger partial charge in [0.15, 0.2) is 11.6 Å². The molecule has 0 radical (unpaired) electrons. The van der Waals surface area contributed by atoms with E-state index in [-0.39, 0.29) is 12.3 Å². The maximum atomic E-state index is 13.7. The fourth-order valence-corrected chi connectivity index (χ4v) is 2.29. The van der Waals surface area contributed by atoms with Gasteiger partial charge in [0, 0.05) is 17.2 Å². The Kier molecular flexibility index (Phi) is 3.42. The molecule has 1 aromatic carbocycles. The van der Waals surface area contributed by atoms with E-state index in [1.54, 1.807) is 12.1 Å². The molecule has 0 saturated heterocycles. The first kappa shape index (κ1) is 13.1. The maximum Gasteiger partial charge on any atom is 0.242 e. The molecule has 0 amide bonds. The third-order valence-corrected chi connectivity index (χ3v) is 3.38. The minimum Gasteiger partial charge on any atom is -0.434 e. The zero-order chi connectivity index (χ0) is 14.1. The summed E-state index contributed by atoms with van der Waals surface area (Å²) in [7, 11) is 0. The molecular formula is C14H11BrFN3O. The van der Waals surface area contributed by atoms with E-state index in [9.17, 15) is 4.39 Å². The van der Waals surface area contributed by atoms with E-state index >= 15 is 0 Å². The summed E-state index contributed by atoms with van der Waals surface area (Å²) in [4.78, 5) is 4.33. The molecule has 0 fully saturated rings. The highest BCUT2D eigenvalue weighted by molar-refractivity contribution is 9.10. The number of rotatable bonds is 3. The summed E-state index contributed by atoms with van der Waals surface area (Å²) < 4.78 is 21.9. The number of nitrogens with two attached hydrogens (primary N) is 1. The largest absolute Gasteiger partial charge is 0.434 e. The molecule has 3 aromatic rings. The smallest absolute Gasteiger partial charge is 0.242 e. The molecular weight excluding hydrogens is 325 g/mol. The number of hydrogen-bond donors (Lipinski definition) is 1. The molecule has 0 aliphatic rings. The van der Waals surface area contributed by atoms with Crippen molar-refractivity contribution in [1.82, 2.24) is 9.38 Å². The number of fused-ring (bicyclic) bond motifs is 1. The summed E-state index contributed by atoms with van der Waals surface area (Å²) in [6, 6.07) is 10.1. The Balaban J connectivity index is 2.08. The van der Waals surface area contributed by atoms with Crippen LogP contribution in [-0.2, 0) is 6.54 Å². The Morgan fingerprint density at radius 1 is 1.30 bits per heavy atom. The van der Waals surface area contributed by atoms with Gasteiger partial charge < -0.3 is 10.5 Å². The van der Waals surface area contributed by atoms with Crippen molar-refractivity contribution in [2.45, 2.75) is 6.54 Å². The average Bonchev–Trinajstić information content (AvgIpc) is 2.80. The van der Waals surface area contributed by atoms with Crippen LogP contribution in [0, 0.1) is 5.82 Å². The van der Waals surface area contributed by atoms with Crippen LogP contribution >= 0.6 is 15.9 Å². The molecule has 3 rings (SSSR count). The van der Waals surface area contributed by atoms with Crippen molar-refractivity contribution in [2.24, 2.45) is 5.73 Å². The average molecular weight is 336 g/mol. The number of benzene rings is 1. The van der Waals surface area contributed by atoms with Gasteiger partial charge in [-0.3, -0.25) is 4.40 Å². The summed E-state index contributed by atoms with van der Waals surface area (Å²) in [5.74, 6) is -0.0265. The molecule has 102 valence electrons. The summed E-state index contributed by atoms with van der Waals surface area (Å²) in [5, 5.41) is 0. The lowest BCUT2D eigenvalue weighted by Crippen LogP contribution is -2.02. The predicted molar refractivity (Wildman–Crippen MR) is 77.3 cm³/mol. The van der Waals surface area contributed by atoms with Crippen LogP contribution in [0.5, 0.6) is 11.6 Å². The highest BCUT2D eigenvalue weighted by Crippen LogP contribution is 2.29. The lowest BCUT2D eigenvalue weighted by molar-refractivity contribution is 0.424. The van der Waals surface area contributed by atoms with Crippen LogP contribution in [0.15, 0.2) is 47.1 Å². The number of imidazole rings is 1. The highest BCUT2D eigenvalue weighted by Gasteiger charge is 2.14. The van der Waals surface area contributed by atoms with Gasteiger partial charge in [-0.05, 0) is 30.3 Å². The third-order valence-electron chi connectivity index (χ3n) is 2.89. The fraction of sp³-hybridized carbons (Fsp3) is 0.0714. The Bertz CT molecular complexity index is 772. The van der Waals surface area contributed by atoms with Gasteiger partial charge in [0.25, 0.3) is 0 Å².